The molecule has 0 fully saturated rings. The second-order valence-corrected chi connectivity index (χ2v) is 6.81. The average Bonchev–Trinajstić information content (AvgIpc) is 2.64. The van der Waals surface area contributed by atoms with E-state index < -0.39 is 17.5 Å². The molecule has 0 spiro atoms. The van der Waals surface area contributed by atoms with Crippen LogP contribution >= 0.6 is 0 Å². The maximum Gasteiger partial charge on any atom is 0.302 e. The smallest absolute Gasteiger partial charge is 0.302 e. The first-order chi connectivity index (χ1) is 13.2. The van der Waals surface area contributed by atoms with Gasteiger partial charge in [-0.1, -0.05) is 30.3 Å². The molecule has 0 aromatic heterocycles. The Hall–Kier alpha value is -3.09. The summed E-state index contributed by atoms with van der Waals surface area (Å²) in [7, 11) is 0. The molecule has 7 nitrogen and oxygen atoms in total. The molecule has 0 aliphatic rings. The highest BCUT2D eigenvalue weighted by Crippen LogP contribution is 2.29. The van der Waals surface area contributed by atoms with E-state index >= 15 is 0 Å². The zero-order chi connectivity index (χ0) is 20.7. The lowest BCUT2D eigenvalue weighted by atomic mass is 9.90. The lowest BCUT2D eigenvalue weighted by molar-refractivity contribution is -0.150. The van der Waals surface area contributed by atoms with Crippen LogP contribution < -0.4 is 5.32 Å². The molecule has 2 aromatic rings. The third-order valence-electron chi connectivity index (χ3n) is 4.41. The summed E-state index contributed by atoms with van der Waals surface area (Å²) in [5, 5.41) is 14.5. The van der Waals surface area contributed by atoms with E-state index in [1.165, 1.54) is 20.8 Å². The van der Waals surface area contributed by atoms with Gasteiger partial charge in [0, 0.05) is 26.2 Å². The second kappa shape index (κ2) is 9.21. The topological polar surface area (TPSA) is 102 Å². The van der Waals surface area contributed by atoms with E-state index in [1.807, 2.05) is 30.3 Å². The van der Waals surface area contributed by atoms with Gasteiger partial charge in [0.15, 0.2) is 0 Å². The van der Waals surface area contributed by atoms with Crippen LogP contribution in [-0.2, 0) is 30.3 Å². The van der Waals surface area contributed by atoms with Gasteiger partial charge in [-0.15, -0.1) is 0 Å². The van der Waals surface area contributed by atoms with Gasteiger partial charge >= 0.3 is 11.9 Å². The molecule has 1 amide bonds. The standard InChI is InChI=1S/C21H25NO6/c1-14(23)22-21(12-27-15(2)24,13-28-16(3)25)11-10-17-8-9-20(26)19-7-5-4-6-18(17)19/h4-9,26H,10-13H2,1-3H3,(H,22,23). The maximum absolute atomic E-state index is 11.8. The highest BCUT2D eigenvalue weighted by molar-refractivity contribution is 5.90. The van der Waals surface area contributed by atoms with Crippen LogP contribution in [0.2, 0.25) is 0 Å². The summed E-state index contributed by atoms with van der Waals surface area (Å²) < 4.78 is 10.3. The van der Waals surface area contributed by atoms with Gasteiger partial charge in [0.25, 0.3) is 0 Å². The van der Waals surface area contributed by atoms with Crippen molar-refractivity contribution in [3.63, 3.8) is 0 Å². The number of esters is 2. The minimum absolute atomic E-state index is 0.120. The van der Waals surface area contributed by atoms with Gasteiger partial charge in [0.05, 0.1) is 0 Å². The quantitative estimate of drug-likeness (QED) is 0.675. The Morgan fingerprint density at radius 3 is 2.04 bits per heavy atom. The average molecular weight is 387 g/mol. The molecule has 2 N–H and O–H groups in total. The van der Waals surface area contributed by atoms with Crippen LogP contribution in [0.15, 0.2) is 36.4 Å². The Kier molecular flexibility index (Phi) is 6.98. The van der Waals surface area contributed by atoms with E-state index in [4.69, 9.17) is 9.47 Å². The van der Waals surface area contributed by atoms with E-state index in [0.29, 0.717) is 12.8 Å². The lowest BCUT2D eigenvalue weighted by Crippen LogP contribution is -2.55. The van der Waals surface area contributed by atoms with Gasteiger partial charge in [-0.05, 0) is 29.9 Å². The molecule has 28 heavy (non-hydrogen) atoms. The van der Waals surface area contributed by atoms with Crippen molar-refractivity contribution in [3.05, 3.63) is 42.0 Å². The number of ether oxygens (including phenoxy) is 2. The molecule has 0 bridgehead atoms. The number of aryl methyl sites for hydroxylation is 1. The van der Waals surface area contributed by atoms with Crippen molar-refractivity contribution >= 4 is 28.6 Å². The van der Waals surface area contributed by atoms with E-state index in [2.05, 4.69) is 5.32 Å². The SMILES string of the molecule is CC(=O)NC(CCc1ccc(O)c2ccccc12)(COC(C)=O)COC(C)=O. The molecule has 0 atom stereocenters. The van der Waals surface area contributed by atoms with E-state index in [-0.39, 0.29) is 24.9 Å². The highest BCUT2D eigenvalue weighted by atomic mass is 16.5. The van der Waals surface area contributed by atoms with Crippen molar-refractivity contribution in [2.75, 3.05) is 13.2 Å². The number of phenols is 1. The number of fused-ring (bicyclic) bond motifs is 1. The summed E-state index contributed by atoms with van der Waals surface area (Å²) >= 11 is 0. The van der Waals surface area contributed by atoms with Gasteiger partial charge < -0.3 is 19.9 Å². The zero-order valence-electron chi connectivity index (χ0n) is 16.3. The fraction of sp³-hybridized carbons (Fsp3) is 0.381. The van der Waals surface area contributed by atoms with Crippen LogP contribution in [0.25, 0.3) is 10.8 Å². The minimum Gasteiger partial charge on any atom is -0.507 e. The number of aromatic hydroxyl groups is 1. The molecule has 2 rings (SSSR count). The molecule has 0 unspecified atom stereocenters. The molecular formula is C21H25NO6. The summed E-state index contributed by atoms with van der Waals surface area (Å²) in [5.74, 6) is -1.12. The van der Waals surface area contributed by atoms with Crippen LogP contribution in [0.5, 0.6) is 5.75 Å². The summed E-state index contributed by atoms with van der Waals surface area (Å²) in [6.45, 7) is 3.67. The molecular weight excluding hydrogens is 362 g/mol. The molecule has 0 radical (unpaired) electrons. The van der Waals surface area contributed by atoms with Crippen LogP contribution in [0, 0.1) is 0 Å². The second-order valence-electron chi connectivity index (χ2n) is 6.81. The monoisotopic (exact) mass is 387 g/mol. The number of nitrogens with one attached hydrogen (secondary N) is 1. The molecule has 0 saturated heterocycles. The maximum atomic E-state index is 11.8. The number of hydrogen-bond donors (Lipinski definition) is 2. The van der Waals surface area contributed by atoms with E-state index in [1.54, 1.807) is 6.07 Å². The number of amides is 1. The number of carbonyl (C=O) groups is 3. The lowest BCUT2D eigenvalue weighted by Gasteiger charge is -2.33. The first-order valence-electron chi connectivity index (χ1n) is 8.97. The van der Waals surface area contributed by atoms with Crippen molar-refractivity contribution < 1.29 is 29.0 Å². The van der Waals surface area contributed by atoms with Crippen LogP contribution in [0.4, 0.5) is 0 Å². The molecule has 2 aromatic carbocycles. The van der Waals surface area contributed by atoms with Crippen LogP contribution in [0.3, 0.4) is 0 Å². The normalized spacial score (nSPS) is 11.1. The fourth-order valence-corrected chi connectivity index (χ4v) is 3.11. The number of carbonyl (C=O) groups excluding carboxylic acids is 3. The van der Waals surface area contributed by atoms with Crippen LogP contribution in [0.1, 0.15) is 32.8 Å². The zero-order valence-corrected chi connectivity index (χ0v) is 16.3. The molecule has 0 heterocycles. The Morgan fingerprint density at radius 1 is 0.929 bits per heavy atom. The van der Waals surface area contributed by atoms with Gasteiger partial charge in [-0.2, -0.15) is 0 Å². The van der Waals surface area contributed by atoms with Gasteiger partial charge in [0.2, 0.25) is 5.91 Å². The van der Waals surface area contributed by atoms with E-state index in [9.17, 15) is 19.5 Å². The summed E-state index contributed by atoms with van der Waals surface area (Å²) in [6, 6.07) is 10.9. The predicted molar refractivity (Wildman–Crippen MR) is 104 cm³/mol. The largest absolute Gasteiger partial charge is 0.507 e. The predicted octanol–water partition coefficient (Wildman–Crippen LogP) is 2.48. The van der Waals surface area contributed by atoms with Gasteiger partial charge in [-0.25, -0.2) is 0 Å². The summed E-state index contributed by atoms with van der Waals surface area (Å²) in [5.41, 5.74) is -0.101. The summed E-state index contributed by atoms with van der Waals surface area (Å²) in [6.07, 6.45) is 0.867. The minimum atomic E-state index is -1.05. The highest BCUT2D eigenvalue weighted by Gasteiger charge is 2.34. The Labute approximate surface area is 163 Å². The number of benzene rings is 2. The van der Waals surface area contributed by atoms with E-state index in [0.717, 1.165) is 16.3 Å². The molecule has 0 aliphatic heterocycles. The van der Waals surface area contributed by atoms with Crippen molar-refractivity contribution in [3.8, 4) is 5.75 Å². The van der Waals surface area contributed by atoms with Crippen LogP contribution in [-0.4, -0.2) is 41.7 Å². The number of rotatable bonds is 8. The number of phenolic OH excluding ortho intramolecular Hbond substituents is 1. The molecule has 150 valence electrons. The third-order valence-corrected chi connectivity index (χ3v) is 4.41. The third kappa shape index (κ3) is 5.70. The van der Waals surface area contributed by atoms with Gasteiger partial charge in [-0.3, -0.25) is 14.4 Å². The van der Waals surface area contributed by atoms with Crippen molar-refractivity contribution in [2.45, 2.75) is 39.2 Å². The van der Waals surface area contributed by atoms with Crippen molar-refractivity contribution in [1.82, 2.24) is 5.32 Å². The number of hydrogen-bond acceptors (Lipinski definition) is 6. The molecule has 0 aliphatic carbocycles. The van der Waals surface area contributed by atoms with Crippen molar-refractivity contribution in [1.29, 1.82) is 0 Å². The summed E-state index contributed by atoms with van der Waals surface area (Å²) in [4.78, 5) is 34.5. The fourth-order valence-electron chi connectivity index (χ4n) is 3.11. The first kappa shape index (κ1) is 21.2. The Morgan fingerprint density at radius 2 is 1.50 bits per heavy atom. The van der Waals surface area contributed by atoms with Gasteiger partial charge in [0.1, 0.15) is 24.5 Å². The van der Waals surface area contributed by atoms with Crippen molar-refractivity contribution in [2.24, 2.45) is 0 Å². The molecule has 7 heteroatoms. The first-order valence-corrected chi connectivity index (χ1v) is 8.97. The Balaban J connectivity index is 2.32. The Bertz CT molecular complexity index is 858. The molecule has 0 saturated carbocycles.